The topological polar surface area (TPSA) is 42.7 Å². The van der Waals surface area contributed by atoms with Crippen LogP contribution in [0.3, 0.4) is 0 Å². The minimum absolute atomic E-state index is 0.414. The lowest BCUT2D eigenvalue weighted by molar-refractivity contribution is 0.714. The Labute approximate surface area is 114 Å². The van der Waals surface area contributed by atoms with E-state index < -0.39 is 0 Å². The summed E-state index contributed by atoms with van der Waals surface area (Å²) < 4.78 is 1.84. The molecule has 2 aromatic heterocycles. The summed E-state index contributed by atoms with van der Waals surface area (Å²) in [4.78, 5) is 4.70. The van der Waals surface area contributed by atoms with Gasteiger partial charge < -0.3 is 5.32 Å². The summed E-state index contributed by atoms with van der Waals surface area (Å²) >= 11 is 0. The van der Waals surface area contributed by atoms with Crippen LogP contribution in [-0.4, -0.2) is 21.3 Å². The fraction of sp³-hybridized carbons (Fsp3) is 0.467. The van der Waals surface area contributed by atoms with Gasteiger partial charge in [-0.3, -0.25) is 0 Å². The van der Waals surface area contributed by atoms with Crippen molar-refractivity contribution in [1.82, 2.24) is 20.1 Å². The molecule has 2 rings (SSSR count). The van der Waals surface area contributed by atoms with E-state index in [-0.39, 0.29) is 0 Å². The molecule has 0 aliphatic rings. The van der Waals surface area contributed by atoms with Crippen LogP contribution in [0.25, 0.3) is 5.82 Å². The van der Waals surface area contributed by atoms with E-state index >= 15 is 0 Å². The molecule has 0 fully saturated rings. The number of aryl methyl sites for hydroxylation is 1. The first-order valence-corrected chi connectivity index (χ1v) is 6.84. The summed E-state index contributed by atoms with van der Waals surface area (Å²) in [5.74, 6) is 1.31. The first-order valence-electron chi connectivity index (χ1n) is 6.84. The van der Waals surface area contributed by atoms with Gasteiger partial charge in [-0.05, 0) is 43.1 Å². The number of hydrogen-bond acceptors (Lipinski definition) is 3. The van der Waals surface area contributed by atoms with Crippen molar-refractivity contribution in [2.75, 3.05) is 6.54 Å². The lowest BCUT2D eigenvalue weighted by atomic mass is 10.1. The Kier molecular flexibility index (Phi) is 4.32. The van der Waals surface area contributed by atoms with Gasteiger partial charge in [0.2, 0.25) is 0 Å². The second kappa shape index (κ2) is 5.97. The molecule has 0 radical (unpaired) electrons. The van der Waals surface area contributed by atoms with Gasteiger partial charge in [-0.15, -0.1) is 0 Å². The zero-order valence-corrected chi connectivity index (χ0v) is 12.1. The van der Waals surface area contributed by atoms with E-state index in [0.29, 0.717) is 5.92 Å². The van der Waals surface area contributed by atoms with Crippen molar-refractivity contribution in [1.29, 1.82) is 0 Å². The summed E-state index contributed by atoms with van der Waals surface area (Å²) in [5, 5.41) is 7.79. The van der Waals surface area contributed by atoms with Crippen molar-refractivity contribution in [2.24, 2.45) is 0 Å². The third-order valence-electron chi connectivity index (χ3n) is 3.02. The van der Waals surface area contributed by atoms with Crippen LogP contribution < -0.4 is 5.32 Å². The Hall–Kier alpha value is -1.68. The molecule has 0 saturated heterocycles. The summed E-state index contributed by atoms with van der Waals surface area (Å²) in [5.41, 5.74) is 3.37. The predicted molar refractivity (Wildman–Crippen MR) is 77.6 cm³/mol. The molecular formula is C15H22N4. The molecule has 0 spiro atoms. The highest BCUT2D eigenvalue weighted by atomic mass is 15.3. The van der Waals surface area contributed by atoms with E-state index in [0.717, 1.165) is 30.3 Å². The standard InChI is InChI=1S/C15H22N4/c1-5-16-10-13-8-14(11(2)3)17-15(9-13)19-7-6-12(4)18-19/h6-9,11,16H,5,10H2,1-4H3. The number of rotatable bonds is 5. The minimum Gasteiger partial charge on any atom is -0.313 e. The summed E-state index contributed by atoms with van der Waals surface area (Å²) in [6.45, 7) is 10.3. The van der Waals surface area contributed by atoms with Crippen LogP contribution in [0.4, 0.5) is 0 Å². The molecule has 2 aromatic rings. The zero-order valence-electron chi connectivity index (χ0n) is 12.1. The van der Waals surface area contributed by atoms with Crippen LogP contribution in [0, 0.1) is 6.92 Å². The largest absolute Gasteiger partial charge is 0.313 e. The zero-order chi connectivity index (χ0) is 13.8. The summed E-state index contributed by atoms with van der Waals surface area (Å²) in [6.07, 6.45) is 1.96. The molecule has 19 heavy (non-hydrogen) atoms. The Morgan fingerprint density at radius 2 is 2.11 bits per heavy atom. The van der Waals surface area contributed by atoms with Crippen LogP contribution in [0.2, 0.25) is 0 Å². The maximum Gasteiger partial charge on any atom is 0.153 e. The molecule has 2 heterocycles. The number of nitrogens with one attached hydrogen (secondary N) is 1. The van der Waals surface area contributed by atoms with Gasteiger partial charge in [0.25, 0.3) is 0 Å². The van der Waals surface area contributed by atoms with E-state index in [4.69, 9.17) is 4.98 Å². The molecule has 0 aliphatic carbocycles. The van der Waals surface area contributed by atoms with Crippen LogP contribution in [0.5, 0.6) is 0 Å². The number of pyridine rings is 1. The molecule has 1 N–H and O–H groups in total. The van der Waals surface area contributed by atoms with Gasteiger partial charge in [-0.25, -0.2) is 9.67 Å². The van der Waals surface area contributed by atoms with Crippen molar-refractivity contribution in [3.05, 3.63) is 41.3 Å². The first-order chi connectivity index (χ1) is 9.10. The van der Waals surface area contributed by atoms with Crippen molar-refractivity contribution >= 4 is 0 Å². The molecule has 0 atom stereocenters. The van der Waals surface area contributed by atoms with E-state index in [1.54, 1.807) is 0 Å². The normalized spacial score (nSPS) is 11.2. The van der Waals surface area contributed by atoms with Gasteiger partial charge in [0.1, 0.15) is 0 Å². The molecule has 4 heteroatoms. The molecular weight excluding hydrogens is 236 g/mol. The first kappa shape index (κ1) is 13.7. The number of hydrogen-bond donors (Lipinski definition) is 1. The lowest BCUT2D eigenvalue weighted by Crippen LogP contribution is -2.13. The Morgan fingerprint density at radius 1 is 1.32 bits per heavy atom. The van der Waals surface area contributed by atoms with E-state index in [1.165, 1.54) is 5.56 Å². The Balaban J connectivity index is 2.39. The summed E-state index contributed by atoms with van der Waals surface area (Å²) in [6, 6.07) is 6.27. The molecule has 0 saturated carbocycles. The second-order valence-electron chi connectivity index (χ2n) is 5.10. The summed E-state index contributed by atoms with van der Waals surface area (Å²) in [7, 11) is 0. The van der Waals surface area contributed by atoms with Gasteiger partial charge in [-0.1, -0.05) is 20.8 Å². The van der Waals surface area contributed by atoms with Crippen LogP contribution >= 0.6 is 0 Å². The van der Waals surface area contributed by atoms with Crippen LogP contribution in [0.1, 0.15) is 43.6 Å². The molecule has 0 bridgehead atoms. The van der Waals surface area contributed by atoms with Crippen molar-refractivity contribution in [2.45, 2.75) is 40.2 Å². The monoisotopic (exact) mass is 258 g/mol. The highest BCUT2D eigenvalue weighted by molar-refractivity contribution is 5.32. The molecule has 102 valence electrons. The maximum atomic E-state index is 4.70. The lowest BCUT2D eigenvalue weighted by Gasteiger charge is -2.11. The molecule has 0 amide bonds. The second-order valence-corrected chi connectivity index (χ2v) is 5.10. The average Bonchev–Trinajstić information content (AvgIpc) is 2.82. The van der Waals surface area contributed by atoms with Crippen LogP contribution in [0.15, 0.2) is 24.4 Å². The highest BCUT2D eigenvalue weighted by Gasteiger charge is 2.08. The van der Waals surface area contributed by atoms with Gasteiger partial charge in [0, 0.05) is 18.4 Å². The van der Waals surface area contributed by atoms with E-state index in [9.17, 15) is 0 Å². The van der Waals surface area contributed by atoms with Gasteiger partial charge in [-0.2, -0.15) is 5.10 Å². The maximum absolute atomic E-state index is 4.70. The van der Waals surface area contributed by atoms with E-state index in [1.807, 2.05) is 23.9 Å². The number of nitrogens with zero attached hydrogens (tertiary/aromatic N) is 3. The quantitative estimate of drug-likeness (QED) is 0.896. The SMILES string of the molecule is CCNCc1cc(C(C)C)nc(-n2ccc(C)n2)c1. The van der Waals surface area contributed by atoms with E-state index in [2.05, 4.69) is 43.3 Å². The fourth-order valence-electron chi connectivity index (χ4n) is 1.92. The molecule has 0 unspecified atom stereocenters. The average molecular weight is 258 g/mol. The van der Waals surface area contributed by atoms with Crippen LogP contribution in [-0.2, 0) is 6.54 Å². The van der Waals surface area contributed by atoms with Crippen molar-refractivity contribution in [3.8, 4) is 5.82 Å². The van der Waals surface area contributed by atoms with Crippen molar-refractivity contribution in [3.63, 3.8) is 0 Å². The van der Waals surface area contributed by atoms with Crippen molar-refractivity contribution < 1.29 is 0 Å². The number of aromatic nitrogens is 3. The van der Waals surface area contributed by atoms with Gasteiger partial charge in [0.15, 0.2) is 5.82 Å². The smallest absolute Gasteiger partial charge is 0.153 e. The van der Waals surface area contributed by atoms with Gasteiger partial charge >= 0.3 is 0 Å². The molecule has 0 aromatic carbocycles. The Bertz CT molecular complexity index is 543. The third-order valence-corrected chi connectivity index (χ3v) is 3.02. The minimum atomic E-state index is 0.414. The van der Waals surface area contributed by atoms with Gasteiger partial charge in [0.05, 0.1) is 5.69 Å². The predicted octanol–water partition coefficient (Wildman–Crippen LogP) is 2.81. The molecule has 0 aliphatic heterocycles. The highest BCUT2D eigenvalue weighted by Crippen LogP contribution is 2.17. The third kappa shape index (κ3) is 3.41. The Morgan fingerprint density at radius 3 is 2.68 bits per heavy atom. The molecule has 4 nitrogen and oxygen atoms in total. The fourth-order valence-corrected chi connectivity index (χ4v) is 1.92.